The summed E-state index contributed by atoms with van der Waals surface area (Å²) in [6.45, 7) is 0. The molecule has 12 aromatic rings. The second-order valence-corrected chi connectivity index (χ2v) is 15.3. The normalized spacial score (nSPS) is 11.7. The summed E-state index contributed by atoms with van der Waals surface area (Å²) in [5, 5.41) is 9.32. The molecule has 10 aromatic carbocycles. The first-order chi connectivity index (χ1) is 29.3. The molecule has 0 atom stereocenters. The molecule has 0 aliphatic heterocycles. The molecule has 0 radical (unpaired) electrons. The third-order valence-corrected chi connectivity index (χ3v) is 11.9. The summed E-state index contributed by atoms with van der Waals surface area (Å²) < 4.78 is 9.31. The van der Waals surface area contributed by atoms with Gasteiger partial charge in [0.15, 0.2) is 5.58 Å². The van der Waals surface area contributed by atoms with Crippen LogP contribution in [0.4, 0.5) is 17.1 Å². The predicted molar refractivity (Wildman–Crippen MR) is 249 cm³/mol. The van der Waals surface area contributed by atoms with Crippen molar-refractivity contribution in [2.24, 2.45) is 0 Å². The van der Waals surface area contributed by atoms with E-state index in [1.807, 2.05) is 0 Å². The van der Waals surface area contributed by atoms with Gasteiger partial charge < -0.3 is 13.9 Å². The van der Waals surface area contributed by atoms with Crippen molar-refractivity contribution < 1.29 is 4.42 Å². The van der Waals surface area contributed by atoms with Crippen LogP contribution in [0.1, 0.15) is 0 Å². The lowest BCUT2D eigenvalue weighted by atomic mass is 9.92. The van der Waals surface area contributed by atoms with E-state index in [4.69, 9.17) is 4.42 Å². The predicted octanol–water partition coefficient (Wildman–Crippen LogP) is 15.8. The van der Waals surface area contributed by atoms with Crippen molar-refractivity contribution in [2.45, 2.75) is 0 Å². The monoisotopic (exact) mass is 752 g/mol. The number of fused-ring (bicyclic) bond motifs is 8. The van der Waals surface area contributed by atoms with Crippen LogP contribution < -0.4 is 4.90 Å². The van der Waals surface area contributed by atoms with Crippen LogP contribution in [0.3, 0.4) is 0 Å². The summed E-state index contributed by atoms with van der Waals surface area (Å²) in [6.07, 6.45) is 0. The Bertz CT molecular complexity index is 3560. The number of aromatic nitrogens is 1. The molecule has 0 spiro atoms. The number of para-hydroxylation sites is 3. The Hall–Kier alpha value is -7.88. The van der Waals surface area contributed by atoms with Crippen LogP contribution >= 0.6 is 0 Å². The van der Waals surface area contributed by atoms with Gasteiger partial charge in [-0.2, -0.15) is 0 Å². The van der Waals surface area contributed by atoms with Gasteiger partial charge in [-0.25, -0.2) is 0 Å². The van der Waals surface area contributed by atoms with Crippen molar-refractivity contribution in [3.8, 4) is 27.9 Å². The summed E-state index contributed by atoms with van der Waals surface area (Å²) in [5.74, 6) is 0. The minimum Gasteiger partial charge on any atom is -0.454 e. The van der Waals surface area contributed by atoms with Crippen molar-refractivity contribution in [2.75, 3.05) is 4.90 Å². The zero-order chi connectivity index (χ0) is 38.9. The molecule has 0 aliphatic carbocycles. The van der Waals surface area contributed by atoms with Crippen LogP contribution in [-0.4, -0.2) is 4.57 Å². The number of benzene rings is 10. The fourth-order valence-electron chi connectivity index (χ4n) is 9.22. The van der Waals surface area contributed by atoms with Crippen molar-refractivity contribution in [3.05, 3.63) is 218 Å². The van der Waals surface area contributed by atoms with E-state index in [0.29, 0.717) is 0 Å². The quantitative estimate of drug-likeness (QED) is 0.169. The third-order valence-electron chi connectivity index (χ3n) is 11.9. The minimum absolute atomic E-state index is 0.858. The lowest BCUT2D eigenvalue weighted by Crippen LogP contribution is -2.11. The highest BCUT2D eigenvalue weighted by Gasteiger charge is 2.25. The molecule has 0 aliphatic rings. The average molecular weight is 753 g/mol. The molecule has 0 saturated carbocycles. The van der Waals surface area contributed by atoms with E-state index in [0.717, 1.165) is 72.1 Å². The molecule has 0 bridgehead atoms. The van der Waals surface area contributed by atoms with Gasteiger partial charge in [0, 0.05) is 44.0 Å². The third kappa shape index (κ3) is 5.36. The van der Waals surface area contributed by atoms with Gasteiger partial charge in [0.1, 0.15) is 5.58 Å². The molecular formula is C56H36N2O. The Labute approximate surface area is 341 Å². The van der Waals surface area contributed by atoms with Gasteiger partial charge in [-0.15, -0.1) is 0 Å². The molecule has 3 nitrogen and oxygen atoms in total. The number of furan rings is 1. The number of hydrogen-bond acceptors (Lipinski definition) is 2. The Balaban J connectivity index is 1.18. The summed E-state index contributed by atoms with van der Waals surface area (Å²) in [4.78, 5) is 2.43. The molecule has 0 N–H and O–H groups in total. The van der Waals surface area contributed by atoms with E-state index in [1.165, 1.54) is 38.2 Å². The van der Waals surface area contributed by atoms with Crippen LogP contribution in [-0.2, 0) is 0 Å². The SMILES string of the molecule is c1ccc(-c2cc(N(c3ccc4c(c3)c3ccccc3n4-c3ccccc3)c3c4ccccc4cc4c3oc3ccccc34)ccc2-c2ccc3ccccc3c2)cc1. The van der Waals surface area contributed by atoms with Crippen LogP contribution in [0.5, 0.6) is 0 Å². The molecule has 12 rings (SSSR count). The van der Waals surface area contributed by atoms with E-state index < -0.39 is 0 Å². The smallest absolute Gasteiger partial charge is 0.160 e. The number of rotatable bonds is 6. The Morgan fingerprint density at radius 2 is 1.00 bits per heavy atom. The van der Waals surface area contributed by atoms with Gasteiger partial charge in [-0.05, 0) is 105 Å². The zero-order valence-electron chi connectivity index (χ0n) is 32.1. The highest BCUT2D eigenvalue weighted by molar-refractivity contribution is 6.20. The molecule has 59 heavy (non-hydrogen) atoms. The fraction of sp³-hybridized carbons (Fsp3) is 0. The zero-order valence-corrected chi connectivity index (χ0v) is 32.1. The maximum absolute atomic E-state index is 6.94. The van der Waals surface area contributed by atoms with Crippen LogP contribution in [0.25, 0.3) is 93.2 Å². The van der Waals surface area contributed by atoms with E-state index >= 15 is 0 Å². The van der Waals surface area contributed by atoms with Gasteiger partial charge in [-0.3, -0.25) is 0 Å². The van der Waals surface area contributed by atoms with E-state index in [-0.39, 0.29) is 0 Å². The van der Waals surface area contributed by atoms with E-state index in [1.54, 1.807) is 0 Å². The Kier molecular flexibility index (Phi) is 7.54. The lowest BCUT2D eigenvalue weighted by molar-refractivity contribution is 0.669. The maximum atomic E-state index is 6.94. The van der Waals surface area contributed by atoms with Crippen LogP contribution in [0.2, 0.25) is 0 Å². The molecule has 0 fully saturated rings. The first-order valence-electron chi connectivity index (χ1n) is 20.2. The van der Waals surface area contributed by atoms with Crippen molar-refractivity contribution in [3.63, 3.8) is 0 Å². The molecular weight excluding hydrogens is 717 g/mol. The molecule has 276 valence electrons. The molecule has 2 aromatic heterocycles. The van der Waals surface area contributed by atoms with Crippen molar-refractivity contribution >= 4 is 82.4 Å². The number of anilines is 3. The first-order valence-corrected chi connectivity index (χ1v) is 20.2. The fourth-order valence-corrected chi connectivity index (χ4v) is 9.22. The summed E-state index contributed by atoms with van der Waals surface area (Å²) in [5.41, 5.74) is 13.0. The molecule has 0 amide bonds. The van der Waals surface area contributed by atoms with E-state index in [2.05, 4.69) is 228 Å². The lowest BCUT2D eigenvalue weighted by Gasteiger charge is -2.28. The molecule has 0 unspecified atom stereocenters. The van der Waals surface area contributed by atoms with Gasteiger partial charge in [0.25, 0.3) is 0 Å². The molecule has 3 heteroatoms. The first kappa shape index (κ1) is 33.3. The average Bonchev–Trinajstić information content (AvgIpc) is 3.84. The van der Waals surface area contributed by atoms with Gasteiger partial charge >= 0.3 is 0 Å². The Morgan fingerprint density at radius 3 is 1.85 bits per heavy atom. The highest BCUT2D eigenvalue weighted by atomic mass is 16.3. The maximum Gasteiger partial charge on any atom is 0.160 e. The van der Waals surface area contributed by atoms with Gasteiger partial charge in [0.2, 0.25) is 0 Å². The molecule has 2 heterocycles. The summed E-state index contributed by atoms with van der Waals surface area (Å²) >= 11 is 0. The standard InChI is InChI=1S/C56H36N2O/c1-3-16-38(17-4-1)49-35-43(29-31-45(49)41-28-27-37-15-7-8-18-39(37)33-41)57(55-46-22-10-9-19-40(46)34-51-48-24-12-14-26-54(48)59-56(51)55)44-30-32-53-50(36-44)47-23-11-13-25-52(47)58(53)42-20-5-2-6-21-42/h1-36H. The largest absolute Gasteiger partial charge is 0.454 e. The Morgan fingerprint density at radius 1 is 0.356 bits per heavy atom. The highest BCUT2D eigenvalue weighted by Crippen LogP contribution is 2.49. The minimum atomic E-state index is 0.858. The number of nitrogens with zero attached hydrogens (tertiary/aromatic N) is 2. The summed E-state index contributed by atoms with van der Waals surface area (Å²) in [7, 11) is 0. The molecule has 0 saturated heterocycles. The van der Waals surface area contributed by atoms with Crippen molar-refractivity contribution in [1.82, 2.24) is 4.57 Å². The van der Waals surface area contributed by atoms with Gasteiger partial charge in [-0.1, -0.05) is 152 Å². The van der Waals surface area contributed by atoms with Crippen molar-refractivity contribution in [1.29, 1.82) is 0 Å². The topological polar surface area (TPSA) is 21.3 Å². The van der Waals surface area contributed by atoms with E-state index in [9.17, 15) is 0 Å². The van der Waals surface area contributed by atoms with Crippen LogP contribution in [0, 0.1) is 0 Å². The second kappa shape index (κ2) is 13.4. The summed E-state index contributed by atoms with van der Waals surface area (Å²) in [6, 6.07) is 78.8. The number of hydrogen-bond donors (Lipinski definition) is 0. The second-order valence-electron chi connectivity index (χ2n) is 15.3. The van der Waals surface area contributed by atoms with Gasteiger partial charge in [0.05, 0.1) is 16.7 Å². The van der Waals surface area contributed by atoms with Crippen LogP contribution in [0.15, 0.2) is 223 Å².